The van der Waals surface area contributed by atoms with Crippen LogP contribution < -0.4 is 0 Å². The summed E-state index contributed by atoms with van der Waals surface area (Å²) in [5, 5.41) is 18.5. The third kappa shape index (κ3) is 9.40. The average molecular weight is 577 g/mol. The molecule has 2 aromatic rings. The van der Waals surface area contributed by atoms with E-state index in [4.69, 9.17) is 9.47 Å². The summed E-state index contributed by atoms with van der Waals surface area (Å²) < 4.78 is 10.9. The maximum atomic E-state index is 12.2. The van der Waals surface area contributed by atoms with Gasteiger partial charge in [-0.05, 0) is 72.1 Å². The van der Waals surface area contributed by atoms with E-state index >= 15 is 0 Å². The van der Waals surface area contributed by atoms with E-state index in [9.17, 15) is 19.8 Å². The van der Waals surface area contributed by atoms with Gasteiger partial charge in [0.15, 0.2) is 0 Å². The summed E-state index contributed by atoms with van der Waals surface area (Å²) in [6.45, 7) is 10.7. The van der Waals surface area contributed by atoms with E-state index in [1.165, 1.54) is 41.5 Å². The number of benzene rings is 2. The van der Waals surface area contributed by atoms with Crippen molar-refractivity contribution in [2.45, 2.75) is 71.1 Å². The molecule has 228 valence electrons. The minimum Gasteiger partial charge on any atom is -0.462 e. The van der Waals surface area contributed by atoms with Gasteiger partial charge in [0, 0.05) is 5.92 Å². The zero-order valence-electron chi connectivity index (χ0n) is 25.4. The Balaban J connectivity index is 1.66. The van der Waals surface area contributed by atoms with Gasteiger partial charge in [0.25, 0.3) is 0 Å². The Labute approximate surface area is 251 Å². The SMILES string of the molecule is C=C(CO)C(=O)OCC(COC(=O)C(=C)CO)C1CCC(c2ccc(-c3ccc(CCCCC)cc3)cc2)CC1CC. The molecule has 0 radical (unpaired) electrons. The van der Waals surface area contributed by atoms with E-state index in [2.05, 4.69) is 75.5 Å². The number of unbranched alkanes of at least 4 members (excludes halogenated alkanes) is 2. The van der Waals surface area contributed by atoms with Crippen LogP contribution in [0.25, 0.3) is 11.1 Å². The van der Waals surface area contributed by atoms with Crippen LogP contribution in [0.2, 0.25) is 0 Å². The largest absolute Gasteiger partial charge is 0.462 e. The topological polar surface area (TPSA) is 93.1 Å². The predicted molar refractivity (Wildman–Crippen MR) is 167 cm³/mol. The van der Waals surface area contributed by atoms with Crippen LogP contribution in [-0.4, -0.2) is 48.6 Å². The van der Waals surface area contributed by atoms with Crippen LogP contribution in [0, 0.1) is 17.8 Å². The molecule has 2 N–H and O–H groups in total. The van der Waals surface area contributed by atoms with Gasteiger partial charge in [0.1, 0.15) is 0 Å². The summed E-state index contributed by atoms with van der Waals surface area (Å²) in [5.74, 6) is -0.549. The van der Waals surface area contributed by atoms with Crippen molar-refractivity contribution in [1.82, 2.24) is 0 Å². The molecule has 1 saturated carbocycles. The number of rotatable bonds is 16. The molecular weight excluding hydrogens is 528 g/mol. The lowest BCUT2D eigenvalue weighted by atomic mass is 9.66. The van der Waals surface area contributed by atoms with Gasteiger partial charge in [-0.2, -0.15) is 0 Å². The van der Waals surface area contributed by atoms with Gasteiger partial charge in [0.2, 0.25) is 0 Å². The monoisotopic (exact) mass is 576 g/mol. The average Bonchev–Trinajstić information content (AvgIpc) is 3.04. The zero-order valence-corrected chi connectivity index (χ0v) is 25.4. The maximum absolute atomic E-state index is 12.2. The van der Waals surface area contributed by atoms with E-state index < -0.39 is 25.2 Å². The van der Waals surface area contributed by atoms with Gasteiger partial charge in [-0.25, -0.2) is 9.59 Å². The number of hydrogen-bond acceptors (Lipinski definition) is 6. The number of ether oxygens (including phenoxy) is 2. The highest BCUT2D eigenvalue weighted by Crippen LogP contribution is 2.44. The van der Waals surface area contributed by atoms with Gasteiger partial charge in [-0.3, -0.25) is 0 Å². The first-order valence-electron chi connectivity index (χ1n) is 15.4. The lowest BCUT2D eigenvalue weighted by Crippen LogP contribution is -2.36. The molecule has 0 saturated heterocycles. The van der Waals surface area contributed by atoms with Crippen LogP contribution in [0.3, 0.4) is 0 Å². The number of aliphatic hydroxyl groups excluding tert-OH is 2. The molecule has 42 heavy (non-hydrogen) atoms. The molecular formula is C36H48O6. The third-order valence-electron chi connectivity index (χ3n) is 8.73. The Morgan fingerprint density at radius 1 is 0.833 bits per heavy atom. The maximum Gasteiger partial charge on any atom is 0.335 e. The number of aliphatic hydroxyl groups is 2. The molecule has 0 spiro atoms. The molecule has 6 nitrogen and oxygen atoms in total. The summed E-state index contributed by atoms with van der Waals surface area (Å²) in [6, 6.07) is 17.9. The van der Waals surface area contributed by atoms with Crippen LogP contribution >= 0.6 is 0 Å². The van der Waals surface area contributed by atoms with Crippen molar-refractivity contribution in [3.8, 4) is 11.1 Å². The fraction of sp³-hybridized carbons (Fsp3) is 0.500. The molecule has 0 aliphatic heterocycles. The Kier molecular flexibility index (Phi) is 13.5. The van der Waals surface area contributed by atoms with E-state index in [0.29, 0.717) is 11.8 Å². The third-order valence-corrected chi connectivity index (χ3v) is 8.73. The highest BCUT2D eigenvalue weighted by molar-refractivity contribution is 5.88. The second kappa shape index (κ2) is 17.0. The highest BCUT2D eigenvalue weighted by atomic mass is 16.5. The number of aryl methyl sites for hydroxylation is 1. The second-order valence-electron chi connectivity index (χ2n) is 11.6. The molecule has 3 atom stereocenters. The highest BCUT2D eigenvalue weighted by Gasteiger charge is 2.36. The van der Waals surface area contributed by atoms with Crippen molar-refractivity contribution < 1.29 is 29.3 Å². The van der Waals surface area contributed by atoms with Crippen LogP contribution in [0.4, 0.5) is 0 Å². The lowest BCUT2D eigenvalue weighted by molar-refractivity contribution is -0.147. The Morgan fingerprint density at radius 3 is 1.88 bits per heavy atom. The second-order valence-corrected chi connectivity index (χ2v) is 11.6. The molecule has 3 unspecified atom stereocenters. The fourth-order valence-electron chi connectivity index (χ4n) is 6.06. The Hall–Kier alpha value is -3.22. The molecule has 2 aromatic carbocycles. The van der Waals surface area contributed by atoms with Gasteiger partial charge in [-0.1, -0.05) is 94.8 Å². The number of esters is 2. The summed E-state index contributed by atoms with van der Waals surface area (Å²) in [5.41, 5.74) is 5.15. The number of carbonyl (C=O) groups is 2. The minimum absolute atomic E-state index is 0.0125. The van der Waals surface area contributed by atoms with E-state index in [0.717, 1.165) is 32.1 Å². The first-order chi connectivity index (χ1) is 20.3. The molecule has 0 bridgehead atoms. The van der Waals surface area contributed by atoms with Gasteiger partial charge < -0.3 is 19.7 Å². The van der Waals surface area contributed by atoms with Gasteiger partial charge >= 0.3 is 11.9 Å². The molecule has 0 amide bonds. The summed E-state index contributed by atoms with van der Waals surface area (Å²) in [4.78, 5) is 24.4. The van der Waals surface area contributed by atoms with Crippen molar-refractivity contribution in [2.75, 3.05) is 26.4 Å². The van der Waals surface area contributed by atoms with Crippen molar-refractivity contribution in [1.29, 1.82) is 0 Å². The normalized spacial score (nSPS) is 18.5. The van der Waals surface area contributed by atoms with Crippen LogP contribution in [0.1, 0.15) is 75.8 Å². The first-order valence-corrected chi connectivity index (χ1v) is 15.4. The fourth-order valence-corrected chi connectivity index (χ4v) is 6.06. The van der Waals surface area contributed by atoms with Gasteiger partial charge in [0.05, 0.1) is 37.6 Å². The smallest absolute Gasteiger partial charge is 0.335 e. The van der Waals surface area contributed by atoms with Crippen LogP contribution in [0.15, 0.2) is 72.8 Å². The molecule has 0 heterocycles. The minimum atomic E-state index is -0.651. The zero-order chi connectivity index (χ0) is 30.5. The molecule has 6 heteroatoms. The van der Waals surface area contributed by atoms with Crippen molar-refractivity contribution >= 4 is 11.9 Å². The predicted octanol–water partition coefficient (Wildman–Crippen LogP) is 6.80. The van der Waals surface area contributed by atoms with E-state index in [1.807, 2.05) is 0 Å². The Bertz CT molecular complexity index is 1130. The van der Waals surface area contributed by atoms with Crippen LogP contribution in [0.5, 0.6) is 0 Å². The van der Waals surface area contributed by atoms with E-state index in [-0.39, 0.29) is 36.2 Å². The first kappa shape index (κ1) is 33.3. The van der Waals surface area contributed by atoms with Crippen molar-refractivity contribution in [3.05, 3.63) is 84.0 Å². The van der Waals surface area contributed by atoms with Gasteiger partial charge in [-0.15, -0.1) is 0 Å². The molecule has 3 rings (SSSR count). The molecule has 1 aliphatic rings. The standard InChI is InChI=1S/C36H48O6/c1-5-7-8-9-27-10-12-29(13-11-27)30-14-16-31(17-15-30)32-18-19-34(28(6-2)20-32)33(23-41-35(39)25(3)21-37)24-42-36(40)26(4)22-38/h10-17,28,32-34,37-38H,3-9,18-24H2,1-2H3. The van der Waals surface area contributed by atoms with Crippen molar-refractivity contribution in [3.63, 3.8) is 0 Å². The molecule has 0 aromatic heterocycles. The van der Waals surface area contributed by atoms with E-state index in [1.54, 1.807) is 0 Å². The van der Waals surface area contributed by atoms with Crippen LogP contribution in [-0.2, 0) is 25.5 Å². The summed E-state index contributed by atoms with van der Waals surface area (Å²) >= 11 is 0. The molecule has 1 aliphatic carbocycles. The van der Waals surface area contributed by atoms with Crippen molar-refractivity contribution in [2.24, 2.45) is 17.8 Å². The summed E-state index contributed by atoms with van der Waals surface area (Å²) in [7, 11) is 0. The number of carbonyl (C=O) groups excluding carboxylic acids is 2. The molecule has 1 fully saturated rings. The Morgan fingerprint density at radius 2 is 1.38 bits per heavy atom. The summed E-state index contributed by atoms with van der Waals surface area (Å²) in [6.07, 6.45) is 8.72. The lowest BCUT2D eigenvalue weighted by Gasteiger charge is -2.40. The quantitative estimate of drug-likeness (QED) is 0.130. The number of hydrogen-bond donors (Lipinski definition) is 2.